The molecule has 0 spiro atoms. The zero-order chi connectivity index (χ0) is 22.7. The van der Waals surface area contributed by atoms with Crippen molar-refractivity contribution < 1.29 is 22.4 Å². The molecule has 162 valence electrons. The van der Waals surface area contributed by atoms with Crippen molar-refractivity contribution in [3.8, 4) is 22.9 Å². The van der Waals surface area contributed by atoms with Crippen LogP contribution in [0.3, 0.4) is 0 Å². The molecule has 0 aliphatic heterocycles. The SMILES string of the molecule is COC(=O)c1ccc(-c2nnc(-c3cccc(NS(=O)(=O)c4ccc(C)cc4)c3)o2)cc1. The summed E-state index contributed by atoms with van der Waals surface area (Å²) >= 11 is 0. The first-order chi connectivity index (χ1) is 15.4. The topological polar surface area (TPSA) is 111 Å². The molecule has 1 N–H and O–H groups in total. The van der Waals surface area contributed by atoms with Gasteiger partial charge in [-0.25, -0.2) is 13.2 Å². The third kappa shape index (κ3) is 4.52. The molecule has 0 fully saturated rings. The fourth-order valence-corrected chi connectivity index (χ4v) is 4.02. The lowest BCUT2D eigenvalue weighted by atomic mass is 10.1. The second kappa shape index (κ2) is 8.64. The molecular weight excluding hydrogens is 430 g/mol. The lowest BCUT2D eigenvalue weighted by Crippen LogP contribution is -2.12. The minimum Gasteiger partial charge on any atom is -0.465 e. The van der Waals surface area contributed by atoms with Crippen molar-refractivity contribution in [3.63, 3.8) is 0 Å². The van der Waals surface area contributed by atoms with Crippen LogP contribution >= 0.6 is 0 Å². The lowest BCUT2D eigenvalue weighted by Gasteiger charge is -2.09. The van der Waals surface area contributed by atoms with Crippen LogP contribution in [0, 0.1) is 6.92 Å². The van der Waals surface area contributed by atoms with Crippen LogP contribution in [0.2, 0.25) is 0 Å². The number of carbonyl (C=O) groups excluding carboxylic acids is 1. The first kappa shape index (κ1) is 21.3. The molecule has 0 aliphatic carbocycles. The molecule has 32 heavy (non-hydrogen) atoms. The van der Waals surface area contributed by atoms with Crippen LogP contribution in [0.1, 0.15) is 15.9 Å². The number of hydrogen-bond donors (Lipinski definition) is 1. The predicted octanol–water partition coefficient (Wildman–Crippen LogP) is 4.30. The highest BCUT2D eigenvalue weighted by Crippen LogP contribution is 2.27. The summed E-state index contributed by atoms with van der Waals surface area (Å²) in [6, 6.07) is 19.8. The number of aryl methyl sites for hydroxylation is 1. The maximum absolute atomic E-state index is 12.7. The van der Waals surface area contributed by atoms with E-state index in [2.05, 4.69) is 19.7 Å². The molecule has 1 heterocycles. The number of carbonyl (C=O) groups is 1. The van der Waals surface area contributed by atoms with Gasteiger partial charge < -0.3 is 9.15 Å². The van der Waals surface area contributed by atoms with Crippen molar-refractivity contribution in [2.75, 3.05) is 11.8 Å². The summed E-state index contributed by atoms with van der Waals surface area (Å²) in [5.41, 5.74) is 2.93. The average Bonchev–Trinajstić information content (AvgIpc) is 3.29. The van der Waals surface area contributed by atoms with E-state index in [9.17, 15) is 13.2 Å². The molecule has 3 aromatic carbocycles. The van der Waals surface area contributed by atoms with Gasteiger partial charge in [0, 0.05) is 16.8 Å². The number of nitrogens with one attached hydrogen (secondary N) is 1. The second-order valence-corrected chi connectivity index (χ2v) is 8.66. The van der Waals surface area contributed by atoms with Crippen molar-refractivity contribution >= 4 is 21.7 Å². The molecule has 0 atom stereocenters. The van der Waals surface area contributed by atoms with Crippen LogP contribution in [0.4, 0.5) is 5.69 Å². The van der Waals surface area contributed by atoms with Gasteiger partial charge in [-0.2, -0.15) is 0 Å². The molecule has 0 saturated carbocycles. The standard InChI is InChI=1S/C23H19N3O5S/c1-15-6-12-20(13-7-15)32(28,29)26-19-5-3-4-18(14-19)22-25-24-21(31-22)16-8-10-17(11-9-16)23(27)30-2/h3-14,26H,1-2H3. The van der Waals surface area contributed by atoms with Gasteiger partial charge in [-0.3, -0.25) is 4.72 Å². The molecule has 0 unspecified atom stereocenters. The highest BCUT2D eigenvalue weighted by Gasteiger charge is 2.16. The molecule has 0 radical (unpaired) electrons. The van der Waals surface area contributed by atoms with Crippen LogP contribution in [0.5, 0.6) is 0 Å². The fourth-order valence-electron chi connectivity index (χ4n) is 2.97. The van der Waals surface area contributed by atoms with E-state index in [1.807, 2.05) is 6.92 Å². The maximum Gasteiger partial charge on any atom is 0.337 e. The van der Waals surface area contributed by atoms with Crippen molar-refractivity contribution in [3.05, 3.63) is 83.9 Å². The number of methoxy groups -OCH3 is 1. The van der Waals surface area contributed by atoms with Crippen LogP contribution in [0.15, 0.2) is 82.1 Å². The normalized spacial score (nSPS) is 11.2. The van der Waals surface area contributed by atoms with Gasteiger partial charge >= 0.3 is 5.97 Å². The summed E-state index contributed by atoms with van der Waals surface area (Å²) < 4.78 is 38.3. The Balaban J connectivity index is 1.56. The van der Waals surface area contributed by atoms with E-state index in [1.165, 1.54) is 7.11 Å². The Morgan fingerprint density at radius 1 is 0.906 bits per heavy atom. The lowest BCUT2D eigenvalue weighted by molar-refractivity contribution is 0.0600. The molecule has 0 aliphatic rings. The third-order valence-corrected chi connectivity index (χ3v) is 6.07. The molecule has 1 aromatic heterocycles. The number of aromatic nitrogens is 2. The van der Waals surface area contributed by atoms with Crippen molar-refractivity contribution in [1.82, 2.24) is 10.2 Å². The molecule has 4 aromatic rings. The zero-order valence-electron chi connectivity index (χ0n) is 17.3. The Kier molecular flexibility index (Phi) is 5.74. The number of benzene rings is 3. The minimum atomic E-state index is -3.73. The molecule has 8 nitrogen and oxygen atoms in total. The molecule has 4 rings (SSSR count). The van der Waals surface area contributed by atoms with Crippen molar-refractivity contribution in [2.24, 2.45) is 0 Å². The van der Waals surface area contributed by atoms with Gasteiger partial charge in [-0.1, -0.05) is 23.8 Å². The molecule has 0 amide bonds. The third-order valence-electron chi connectivity index (χ3n) is 4.67. The summed E-state index contributed by atoms with van der Waals surface area (Å²) in [7, 11) is -2.42. The van der Waals surface area contributed by atoms with Crippen LogP contribution in [0.25, 0.3) is 22.9 Å². The van der Waals surface area contributed by atoms with E-state index in [0.29, 0.717) is 22.4 Å². The van der Waals surface area contributed by atoms with Crippen LogP contribution < -0.4 is 4.72 Å². The van der Waals surface area contributed by atoms with Gasteiger partial charge in [0.25, 0.3) is 10.0 Å². The Hall–Kier alpha value is -3.98. The van der Waals surface area contributed by atoms with E-state index in [1.54, 1.807) is 72.8 Å². The number of sulfonamides is 1. The van der Waals surface area contributed by atoms with Gasteiger partial charge in [0.2, 0.25) is 11.8 Å². The average molecular weight is 449 g/mol. The molecule has 0 saturated heterocycles. The monoisotopic (exact) mass is 449 g/mol. The van der Waals surface area contributed by atoms with E-state index in [4.69, 9.17) is 4.42 Å². The highest BCUT2D eigenvalue weighted by molar-refractivity contribution is 7.92. The summed E-state index contributed by atoms with van der Waals surface area (Å²) in [6.45, 7) is 1.89. The predicted molar refractivity (Wildman–Crippen MR) is 118 cm³/mol. The number of ether oxygens (including phenoxy) is 1. The first-order valence-corrected chi connectivity index (χ1v) is 11.1. The summed E-state index contributed by atoms with van der Waals surface area (Å²) in [4.78, 5) is 11.7. The van der Waals surface area contributed by atoms with E-state index in [0.717, 1.165) is 5.56 Å². The molecule has 0 bridgehead atoms. The number of hydrogen-bond acceptors (Lipinski definition) is 7. The van der Waals surface area contributed by atoms with E-state index < -0.39 is 16.0 Å². The first-order valence-electron chi connectivity index (χ1n) is 9.58. The summed E-state index contributed by atoms with van der Waals surface area (Å²) in [6.07, 6.45) is 0. The van der Waals surface area contributed by atoms with Crippen LogP contribution in [-0.2, 0) is 14.8 Å². The van der Waals surface area contributed by atoms with Crippen molar-refractivity contribution in [2.45, 2.75) is 11.8 Å². The Bertz CT molecular complexity index is 1360. The largest absolute Gasteiger partial charge is 0.465 e. The fraction of sp³-hybridized carbons (Fsp3) is 0.0870. The molecule has 9 heteroatoms. The minimum absolute atomic E-state index is 0.170. The van der Waals surface area contributed by atoms with Gasteiger partial charge in [-0.15, -0.1) is 10.2 Å². The van der Waals surface area contributed by atoms with E-state index in [-0.39, 0.29) is 16.7 Å². The number of rotatable bonds is 6. The molecular formula is C23H19N3O5S. The maximum atomic E-state index is 12.7. The van der Waals surface area contributed by atoms with E-state index >= 15 is 0 Å². The van der Waals surface area contributed by atoms with Gasteiger partial charge in [0.05, 0.1) is 17.6 Å². The Morgan fingerprint density at radius 3 is 2.22 bits per heavy atom. The smallest absolute Gasteiger partial charge is 0.337 e. The van der Waals surface area contributed by atoms with Gasteiger partial charge in [-0.05, 0) is 61.5 Å². The zero-order valence-corrected chi connectivity index (χ0v) is 18.1. The van der Waals surface area contributed by atoms with Crippen molar-refractivity contribution in [1.29, 1.82) is 0 Å². The second-order valence-electron chi connectivity index (χ2n) is 6.98. The Morgan fingerprint density at radius 2 is 1.56 bits per heavy atom. The number of nitrogens with zero attached hydrogens (tertiary/aromatic N) is 2. The highest BCUT2D eigenvalue weighted by atomic mass is 32.2. The number of esters is 1. The van der Waals surface area contributed by atoms with Crippen LogP contribution in [-0.4, -0.2) is 31.7 Å². The van der Waals surface area contributed by atoms with Gasteiger partial charge in [0.15, 0.2) is 0 Å². The summed E-state index contributed by atoms with van der Waals surface area (Å²) in [5, 5.41) is 8.10. The quantitative estimate of drug-likeness (QED) is 0.437. The Labute approximate surface area is 184 Å². The summed E-state index contributed by atoms with van der Waals surface area (Å²) in [5.74, 6) is 0.0585. The number of anilines is 1. The van der Waals surface area contributed by atoms with Gasteiger partial charge in [0.1, 0.15) is 0 Å².